The first-order valence-corrected chi connectivity index (χ1v) is 15.6. The number of aryl methyl sites for hydroxylation is 4. The molecule has 0 amide bonds. The van der Waals surface area contributed by atoms with Crippen LogP contribution < -0.4 is 0 Å². The maximum Gasteiger partial charge on any atom is 0.161 e. The Morgan fingerprint density at radius 1 is 0.689 bits per heavy atom. The van der Waals surface area contributed by atoms with E-state index < -0.39 is 0 Å². The highest BCUT2D eigenvalue weighted by Crippen LogP contribution is 2.38. The number of hydrogen-bond donors (Lipinski definition) is 2. The SMILES string of the molecule is CC(=O)c1cc2[nH]c1cc1nc(cc3ccc([nH]3)c(-c3ccc(C)cc3)c3nc(c2-c2c(C)cc(C)cc2C)C=C3)C(C)(C)C1. The van der Waals surface area contributed by atoms with E-state index in [1.54, 1.807) is 6.92 Å². The Kier molecular flexibility index (Phi) is 6.74. The molecule has 5 aromatic rings. The van der Waals surface area contributed by atoms with Gasteiger partial charge in [0.1, 0.15) is 0 Å². The van der Waals surface area contributed by atoms with Crippen LogP contribution in [0.25, 0.3) is 56.5 Å². The number of Topliss-reactive ketones (excluding diaryl/α,β-unsaturated/α-hetero) is 1. The third-order valence-corrected chi connectivity index (χ3v) is 9.08. The van der Waals surface area contributed by atoms with Gasteiger partial charge in [0.2, 0.25) is 0 Å². The van der Waals surface area contributed by atoms with Crippen molar-refractivity contribution in [1.29, 1.82) is 0 Å². The van der Waals surface area contributed by atoms with Crippen molar-refractivity contribution in [2.24, 2.45) is 0 Å². The van der Waals surface area contributed by atoms with Crippen LogP contribution in [0.4, 0.5) is 0 Å². The molecule has 5 nitrogen and oxygen atoms in total. The van der Waals surface area contributed by atoms with E-state index in [1.807, 2.05) is 6.07 Å². The van der Waals surface area contributed by atoms with E-state index in [0.29, 0.717) is 5.56 Å². The first-order chi connectivity index (χ1) is 21.5. The normalized spacial score (nSPS) is 13.8. The van der Waals surface area contributed by atoms with Crippen LogP contribution in [0.1, 0.15) is 76.2 Å². The summed E-state index contributed by atoms with van der Waals surface area (Å²) in [5.41, 5.74) is 16.8. The summed E-state index contributed by atoms with van der Waals surface area (Å²) < 4.78 is 0. The maximum atomic E-state index is 13.0. The lowest BCUT2D eigenvalue weighted by molar-refractivity contribution is 0.101. The number of fused-ring (bicyclic) bond motifs is 8. The van der Waals surface area contributed by atoms with Gasteiger partial charge in [0.05, 0.1) is 16.9 Å². The van der Waals surface area contributed by atoms with Gasteiger partial charge in [-0.1, -0.05) is 61.4 Å². The average Bonchev–Trinajstić information content (AvgIpc) is 3.75. The minimum atomic E-state index is -0.157. The highest BCUT2D eigenvalue weighted by molar-refractivity contribution is 6.05. The number of rotatable bonds is 3. The number of carbonyl (C=O) groups excluding carboxylic acids is 1. The Labute approximate surface area is 264 Å². The third kappa shape index (κ3) is 5.12. The van der Waals surface area contributed by atoms with Gasteiger partial charge in [0.25, 0.3) is 0 Å². The second-order valence-electron chi connectivity index (χ2n) is 13.3. The summed E-state index contributed by atoms with van der Waals surface area (Å²) in [6.45, 7) is 14.6. The Bertz CT molecular complexity index is 2200. The number of nitrogens with one attached hydrogen (secondary N) is 2. The molecule has 0 aliphatic carbocycles. The molecule has 8 bridgehead atoms. The summed E-state index contributed by atoms with van der Waals surface area (Å²) in [6.07, 6.45) is 4.99. The van der Waals surface area contributed by atoms with Gasteiger partial charge in [0.15, 0.2) is 5.78 Å². The monoisotopic (exact) mass is 590 g/mol. The Morgan fingerprint density at radius 3 is 2.07 bits per heavy atom. The van der Waals surface area contributed by atoms with E-state index in [9.17, 15) is 4.79 Å². The molecule has 0 saturated heterocycles. The minimum Gasteiger partial charge on any atom is -0.355 e. The van der Waals surface area contributed by atoms with Crippen molar-refractivity contribution in [3.05, 3.63) is 117 Å². The van der Waals surface area contributed by atoms with E-state index in [2.05, 4.69) is 124 Å². The van der Waals surface area contributed by atoms with Gasteiger partial charge in [-0.25, -0.2) is 4.98 Å². The van der Waals surface area contributed by atoms with E-state index in [4.69, 9.17) is 9.97 Å². The first-order valence-electron chi connectivity index (χ1n) is 15.6. The van der Waals surface area contributed by atoms with Crippen molar-refractivity contribution in [1.82, 2.24) is 19.9 Å². The molecule has 0 spiro atoms. The fraction of sp³-hybridized carbons (Fsp3) is 0.225. The van der Waals surface area contributed by atoms with Crippen molar-refractivity contribution in [2.45, 2.75) is 60.3 Å². The summed E-state index contributed by atoms with van der Waals surface area (Å²) in [5, 5.41) is 0. The summed E-state index contributed by atoms with van der Waals surface area (Å²) in [4.78, 5) is 30.8. The van der Waals surface area contributed by atoms with Crippen molar-refractivity contribution in [3.63, 3.8) is 0 Å². The number of hydrogen-bond acceptors (Lipinski definition) is 3. The second-order valence-corrected chi connectivity index (χ2v) is 13.3. The number of carbonyl (C=O) groups is 1. The van der Waals surface area contributed by atoms with Crippen LogP contribution in [0.3, 0.4) is 0 Å². The largest absolute Gasteiger partial charge is 0.355 e. The zero-order chi connectivity index (χ0) is 31.6. The summed E-state index contributed by atoms with van der Waals surface area (Å²) in [5.74, 6) is 0.0109. The van der Waals surface area contributed by atoms with Crippen LogP contribution in [-0.4, -0.2) is 25.7 Å². The molecule has 0 unspecified atom stereocenters. The average molecular weight is 591 g/mol. The molecule has 3 aromatic heterocycles. The molecular formula is C40H38N4O. The van der Waals surface area contributed by atoms with Crippen LogP contribution >= 0.6 is 0 Å². The fourth-order valence-electron chi connectivity index (χ4n) is 6.94. The molecule has 0 fully saturated rings. The number of benzene rings is 2. The molecule has 7 rings (SSSR count). The van der Waals surface area contributed by atoms with Crippen LogP contribution in [0.5, 0.6) is 0 Å². The van der Waals surface area contributed by atoms with Crippen LogP contribution in [-0.2, 0) is 11.8 Å². The molecule has 0 atom stereocenters. The molecule has 2 aliphatic rings. The van der Waals surface area contributed by atoms with Crippen molar-refractivity contribution in [2.75, 3.05) is 0 Å². The van der Waals surface area contributed by atoms with Crippen molar-refractivity contribution < 1.29 is 4.79 Å². The highest BCUT2D eigenvalue weighted by atomic mass is 16.1. The van der Waals surface area contributed by atoms with Gasteiger partial charge in [-0.2, -0.15) is 0 Å². The lowest BCUT2D eigenvalue weighted by atomic mass is 9.87. The topological polar surface area (TPSA) is 74.4 Å². The molecule has 0 saturated carbocycles. The Hall–Kier alpha value is -5.03. The summed E-state index contributed by atoms with van der Waals surface area (Å²) in [6, 6.07) is 23.5. The Morgan fingerprint density at radius 2 is 1.38 bits per heavy atom. The number of H-pyrrole nitrogens is 2. The van der Waals surface area contributed by atoms with Crippen LogP contribution in [0.2, 0.25) is 0 Å². The summed E-state index contributed by atoms with van der Waals surface area (Å²) >= 11 is 0. The molecule has 2 aromatic carbocycles. The maximum absolute atomic E-state index is 13.0. The molecule has 2 aliphatic heterocycles. The van der Waals surface area contributed by atoms with Gasteiger partial charge in [0, 0.05) is 56.5 Å². The molecular weight excluding hydrogens is 552 g/mol. The third-order valence-electron chi connectivity index (χ3n) is 9.08. The zero-order valence-electron chi connectivity index (χ0n) is 27.0. The fourth-order valence-corrected chi connectivity index (χ4v) is 6.94. The molecule has 5 heteroatoms. The lowest BCUT2D eigenvalue weighted by Gasteiger charge is -2.15. The van der Waals surface area contributed by atoms with Gasteiger partial charge >= 0.3 is 0 Å². The van der Waals surface area contributed by atoms with Gasteiger partial charge in [-0.3, -0.25) is 9.78 Å². The predicted molar refractivity (Wildman–Crippen MR) is 186 cm³/mol. The standard InChI is InChI=1S/C40H38N4O/c1-22-8-10-27(11-9-22)38-31-13-12-28(41-31)19-36-40(6,7)21-29(42-36)18-34-30(26(5)45)20-35(44-34)39(33-15-14-32(38)43-33)37-24(3)16-23(2)17-25(37)4/h8-20,41,44H,21H2,1-7H3. The second kappa shape index (κ2) is 10.6. The van der Waals surface area contributed by atoms with Crippen LogP contribution in [0.15, 0.2) is 66.7 Å². The first kappa shape index (κ1) is 28.7. The van der Waals surface area contributed by atoms with E-state index in [-0.39, 0.29) is 11.2 Å². The molecule has 5 heterocycles. The lowest BCUT2D eigenvalue weighted by Crippen LogP contribution is -2.14. The zero-order valence-corrected chi connectivity index (χ0v) is 27.0. The van der Waals surface area contributed by atoms with Gasteiger partial charge < -0.3 is 9.97 Å². The van der Waals surface area contributed by atoms with Gasteiger partial charge in [-0.05, 0) is 99.4 Å². The number of ketones is 1. The van der Waals surface area contributed by atoms with Crippen molar-refractivity contribution >= 4 is 40.0 Å². The molecule has 224 valence electrons. The quantitative estimate of drug-likeness (QED) is 0.202. The van der Waals surface area contributed by atoms with E-state index in [0.717, 1.165) is 73.5 Å². The van der Waals surface area contributed by atoms with Crippen molar-refractivity contribution in [3.8, 4) is 22.3 Å². The van der Waals surface area contributed by atoms with Gasteiger partial charge in [-0.15, -0.1) is 0 Å². The van der Waals surface area contributed by atoms with Crippen LogP contribution in [0, 0.1) is 27.7 Å². The molecule has 0 radical (unpaired) electrons. The highest BCUT2D eigenvalue weighted by Gasteiger charge is 2.29. The predicted octanol–water partition coefficient (Wildman–Crippen LogP) is 9.78. The minimum absolute atomic E-state index is 0.0109. The summed E-state index contributed by atoms with van der Waals surface area (Å²) in [7, 11) is 0. The van der Waals surface area contributed by atoms with E-state index in [1.165, 1.54) is 22.3 Å². The molecule has 45 heavy (non-hydrogen) atoms. The Balaban J connectivity index is 1.70. The number of aromatic nitrogens is 4. The molecule has 2 N–H and O–H groups in total. The number of nitrogens with zero attached hydrogens (tertiary/aromatic N) is 2. The van der Waals surface area contributed by atoms with E-state index >= 15 is 0 Å². The smallest absolute Gasteiger partial charge is 0.161 e. The number of aromatic amines is 2.